The smallest absolute Gasteiger partial charge is 0.313 e. The average Bonchev–Trinajstić information content (AvgIpc) is 2.63. The number of aliphatic carboxylic acids is 1. The minimum absolute atomic E-state index is 0.0871. The number of rotatable bonds is 4. The fourth-order valence-corrected chi connectivity index (χ4v) is 2.64. The van der Waals surface area contributed by atoms with Crippen LogP contribution >= 0.6 is 11.8 Å². The monoisotopic (exact) mass is 283 g/mol. The molecule has 0 aromatic heterocycles. The van der Waals surface area contributed by atoms with E-state index in [0.29, 0.717) is 0 Å². The maximum Gasteiger partial charge on any atom is 0.313 e. The summed E-state index contributed by atoms with van der Waals surface area (Å²) in [7, 11) is 0. The molecule has 1 aromatic carbocycles. The van der Waals surface area contributed by atoms with Gasteiger partial charge in [0.2, 0.25) is 11.8 Å². The number of hydrogen-bond donors (Lipinski definition) is 1. The molecule has 1 aromatic rings. The number of thioether (sulfide) groups is 1. The highest BCUT2D eigenvalue weighted by molar-refractivity contribution is 8.01. The van der Waals surface area contributed by atoms with Crippen molar-refractivity contribution in [2.24, 2.45) is 0 Å². The van der Waals surface area contributed by atoms with Crippen LogP contribution in [0.4, 0.5) is 10.1 Å². The van der Waals surface area contributed by atoms with Crippen molar-refractivity contribution in [2.45, 2.75) is 11.7 Å². The second-order valence-corrected chi connectivity index (χ2v) is 5.11. The van der Waals surface area contributed by atoms with E-state index in [4.69, 9.17) is 5.11 Å². The minimum Gasteiger partial charge on any atom is -0.481 e. The number of amides is 2. The second kappa shape index (κ2) is 5.40. The molecule has 1 N–H and O–H groups in total. The molecule has 1 unspecified atom stereocenters. The van der Waals surface area contributed by atoms with Gasteiger partial charge in [-0.1, -0.05) is 12.1 Å². The van der Waals surface area contributed by atoms with Crippen molar-refractivity contribution in [3.05, 3.63) is 30.1 Å². The summed E-state index contributed by atoms with van der Waals surface area (Å²) in [6, 6.07) is 5.49. The van der Waals surface area contributed by atoms with Gasteiger partial charge in [0.1, 0.15) is 5.82 Å². The van der Waals surface area contributed by atoms with Gasteiger partial charge in [-0.05, 0) is 12.1 Å². The summed E-state index contributed by atoms with van der Waals surface area (Å²) >= 11 is 0.874. The van der Waals surface area contributed by atoms with Crippen LogP contribution in [0.25, 0.3) is 0 Å². The second-order valence-electron chi connectivity index (χ2n) is 3.92. The molecule has 1 heterocycles. The minimum atomic E-state index is -1.06. The van der Waals surface area contributed by atoms with Gasteiger partial charge >= 0.3 is 5.97 Å². The molecule has 19 heavy (non-hydrogen) atoms. The molecule has 5 nitrogen and oxygen atoms in total. The van der Waals surface area contributed by atoms with Gasteiger partial charge in [-0.3, -0.25) is 14.4 Å². The molecule has 1 fully saturated rings. The van der Waals surface area contributed by atoms with Crippen LogP contribution in [-0.2, 0) is 14.4 Å². The molecule has 0 bridgehead atoms. The Bertz CT molecular complexity index is 548. The molecule has 1 atom stereocenters. The van der Waals surface area contributed by atoms with Gasteiger partial charge in [-0.15, -0.1) is 11.8 Å². The van der Waals surface area contributed by atoms with Gasteiger partial charge in [0.25, 0.3) is 0 Å². The highest BCUT2D eigenvalue weighted by atomic mass is 32.2. The Morgan fingerprint density at radius 2 is 2.11 bits per heavy atom. The molecular formula is C12H10FNO4S. The normalized spacial score (nSPS) is 19.0. The van der Waals surface area contributed by atoms with Crippen LogP contribution in [0, 0.1) is 5.82 Å². The number of carbonyl (C=O) groups is 3. The molecule has 0 aliphatic carbocycles. The van der Waals surface area contributed by atoms with E-state index in [9.17, 15) is 18.8 Å². The first-order chi connectivity index (χ1) is 9.00. The van der Waals surface area contributed by atoms with Crippen molar-refractivity contribution >= 4 is 35.2 Å². The van der Waals surface area contributed by atoms with Crippen molar-refractivity contribution in [3.63, 3.8) is 0 Å². The molecule has 2 amide bonds. The number of anilines is 1. The van der Waals surface area contributed by atoms with Crippen LogP contribution in [0.15, 0.2) is 24.3 Å². The van der Waals surface area contributed by atoms with Gasteiger partial charge in [0.15, 0.2) is 0 Å². The topological polar surface area (TPSA) is 74.7 Å². The lowest BCUT2D eigenvalue weighted by atomic mass is 10.3. The Morgan fingerprint density at radius 1 is 1.42 bits per heavy atom. The highest BCUT2D eigenvalue weighted by Crippen LogP contribution is 2.30. The molecular weight excluding hydrogens is 273 g/mol. The third-order valence-electron chi connectivity index (χ3n) is 2.61. The van der Waals surface area contributed by atoms with Crippen LogP contribution in [0.2, 0.25) is 0 Å². The average molecular weight is 283 g/mol. The predicted molar refractivity (Wildman–Crippen MR) is 67.4 cm³/mol. The number of para-hydroxylation sites is 1. The Balaban J connectivity index is 2.19. The first kappa shape index (κ1) is 13.5. The van der Waals surface area contributed by atoms with Gasteiger partial charge < -0.3 is 5.11 Å². The maximum atomic E-state index is 13.6. The van der Waals surface area contributed by atoms with Crippen molar-refractivity contribution in [3.8, 4) is 0 Å². The highest BCUT2D eigenvalue weighted by Gasteiger charge is 2.40. The molecule has 100 valence electrons. The zero-order chi connectivity index (χ0) is 14.0. The first-order valence-electron chi connectivity index (χ1n) is 5.45. The van der Waals surface area contributed by atoms with Crippen LogP contribution < -0.4 is 4.90 Å². The molecule has 0 saturated carbocycles. The van der Waals surface area contributed by atoms with E-state index < -0.39 is 28.9 Å². The lowest BCUT2D eigenvalue weighted by Crippen LogP contribution is -2.32. The Morgan fingerprint density at radius 3 is 2.74 bits per heavy atom. The molecule has 7 heteroatoms. The summed E-state index contributed by atoms with van der Waals surface area (Å²) in [5.41, 5.74) is -0.0871. The number of carboxylic acid groups (broad SMARTS) is 1. The van der Waals surface area contributed by atoms with E-state index in [1.165, 1.54) is 18.2 Å². The van der Waals surface area contributed by atoms with Gasteiger partial charge in [-0.25, -0.2) is 9.29 Å². The first-order valence-corrected chi connectivity index (χ1v) is 6.50. The van der Waals surface area contributed by atoms with E-state index in [0.717, 1.165) is 22.7 Å². The summed E-state index contributed by atoms with van der Waals surface area (Å²) in [6.45, 7) is 0. The standard InChI is InChI=1S/C12H10FNO4S/c13-7-3-1-2-4-8(7)14-10(15)5-9(12(14)18)19-6-11(16)17/h1-4,9H,5-6H2,(H,16,17). The molecule has 2 rings (SSSR count). The van der Waals surface area contributed by atoms with Crippen LogP contribution in [0.5, 0.6) is 0 Å². The molecule has 0 spiro atoms. The van der Waals surface area contributed by atoms with Crippen LogP contribution in [0.3, 0.4) is 0 Å². The number of carbonyl (C=O) groups excluding carboxylic acids is 2. The Labute approximate surface area is 112 Å². The predicted octanol–water partition coefficient (Wildman–Crippen LogP) is 1.28. The van der Waals surface area contributed by atoms with Crippen molar-refractivity contribution in [2.75, 3.05) is 10.7 Å². The Hall–Kier alpha value is -1.89. The fraction of sp³-hybridized carbons (Fsp3) is 0.250. The third kappa shape index (κ3) is 2.76. The van der Waals surface area contributed by atoms with Gasteiger partial charge in [-0.2, -0.15) is 0 Å². The summed E-state index contributed by atoms with van der Waals surface area (Å²) in [5, 5.41) is 7.80. The zero-order valence-electron chi connectivity index (χ0n) is 9.71. The van der Waals surface area contributed by atoms with E-state index in [2.05, 4.69) is 0 Å². The summed E-state index contributed by atoms with van der Waals surface area (Å²) in [4.78, 5) is 35.0. The van der Waals surface area contributed by atoms with Gasteiger partial charge in [0, 0.05) is 6.42 Å². The number of halogens is 1. The van der Waals surface area contributed by atoms with Crippen molar-refractivity contribution < 1.29 is 23.9 Å². The van der Waals surface area contributed by atoms with E-state index >= 15 is 0 Å². The molecule has 0 radical (unpaired) electrons. The van der Waals surface area contributed by atoms with E-state index in [-0.39, 0.29) is 17.9 Å². The maximum absolute atomic E-state index is 13.6. The van der Waals surface area contributed by atoms with Crippen LogP contribution in [0.1, 0.15) is 6.42 Å². The summed E-state index contributed by atoms with van der Waals surface area (Å²) in [6.07, 6.45) is -0.106. The number of carboxylic acids is 1. The summed E-state index contributed by atoms with van der Waals surface area (Å²) in [5.74, 6) is -3.07. The quantitative estimate of drug-likeness (QED) is 0.842. The van der Waals surface area contributed by atoms with E-state index in [1.807, 2.05) is 0 Å². The molecule has 1 aliphatic heterocycles. The van der Waals surface area contributed by atoms with Crippen molar-refractivity contribution in [1.29, 1.82) is 0 Å². The molecule has 1 aliphatic rings. The molecule has 1 saturated heterocycles. The van der Waals surface area contributed by atoms with E-state index in [1.54, 1.807) is 0 Å². The number of hydrogen-bond acceptors (Lipinski definition) is 4. The summed E-state index contributed by atoms with van der Waals surface area (Å²) < 4.78 is 13.6. The number of benzene rings is 1. The largest absolute Gasteiger partial charge is 0.481 e. The lowest BCUT2D eigenvalue weighted by molar-refractivity contribution is -0.134. The van der Waals surface area contributed by atoms with Gasteiger partial charge in [0.05, 0.1) is 16.7 Å². The fourth-order valence-electron chi connectivity index (χ4n) is 1.79. The van der Waals surface area contributed by atoms with Crippen molar-refractivity contribution in [1.82, 2.24) is 0 Å². The zero-order valence-corrected chi connectivity index (χ0v) is 10.5. The van der Waals surface area contributed by atoms with Crippen LogP contribution in [-0.4, -0.2) is 33.9 Å². The lowest BCUT2D eigenvalue weighted by Gasteiger charge is -2.15. The SMILES string of the molecule is O=C(O)CSC1CC(=O)N(c2ccccc2F)C1=O. The third-order valence-corrected chi connectivity index (χ3v) is 3.79. The number of nitrogens with zero attached hydrogens (tertiary/aromatic N) is 1. The number of imide groups is 1. The Kier molecular flexibility index (Phi) is 3.84.